The molecule has 0 radical (unpaired) electrons. The second kappa shape index (κ2) is 9.55. The summed E-state index contributed by atoms with van der Waals surface area (Å²) in [6.45, 7) is 0.702. The third kappa shape index (κ3) is 4.42. The molecule has 1 fully saturated rings. The minimum atomic E-state index is -0.0915. The van der Waals surface area contributed by atoms with E-state index in [0.717, 1.165) is 34.4 Å². The molecule has 180 valence electrons. The van der Waals surface area contributed by atoms with Crippen LogP contribution in [0.4, 0.5) is 5.69 Å². The number of anilines is 1. The lowest BCUT2D eigenvalue weighted by molar-refractivity contribution is -0.131. The lowest BCUT2D eigenvalue weighted by Gasteiger charge is -2.39. The van der Waals surface area contributed by atoms with Gasteiger partial charge in [-0.2, -0.15) is 0 Å². The molecule has 5 rings (SSSR count). The Balaban J connectivity index is 1.50. The predicted octanol–water partition coefficient (Wildman–Crippen LogP) is 3.97. The van der Waals surface area contributed by atoms with E-state index in [1.54, 1.807) is 19.0 Å². The average molecular weight is 470 g/mol. The second-order valence-corrected chi connectivity index (χ2v) is 9.66. The number of carbonyl (C=O) groups excluding carboxylic acids is 2. The molecule has 0 unspecified atom stereocenters. The van der Waals surface area contributed by atoms with Crippen LogP contribution in [0.1, 0.15) is 33.9 Å². The Hall–Kier alpha value is -3.64. The molecule has 0 aromatic heterocycles. The molecule has 2 N–H and O–H groups in total. The van der Waals surface area contributed by atoms with E-state index in [1.165, 1.54) is 0 Å². The standard InChI is InChI=1S/C29H31N3O3/c1-31(2)29(35)22-10-6-9-20(16-22)21-11-12-25-24(17-21)28-23(26(18-33)30-25)13-14-32(28)27(34)15-19-7-4-3-5-8-19/h3-12,16-17,23,26,28,30,33H,13-15,18H2,1-2H3/t23-,26+,28-/m1/s1. The van der Waals surface area contributed by atoms with Gasteiger partial charge in [-0.3, -0.25) is 9.59 Å². The van der Waals surface area contributed by atoms with Crippen LogP contribution in [0.2, 0.25) is 0 Å². The van der Waals surface area contributed by atoms with E-state index in [9.17, 15) is 14.7 Å². The summed E-state index contributed by atoms with van der Waals surface area (Å²) >= 11 is 0. The van der Waals surface area contributed by atoms with Crippen molar-refractivity contribution in [1.29, 1.82) is 0 Å². The zero-order chi connectivity index (χ0) is 24.5. The number of fused-ring (bicyclic) bond motifs is 3. The summed E-state index contributed by atoms with van der Waals surface area (Å²) in [6.07, 6.45) is 1.21. The van der Waals surface area contributed by atoms with Gasteiger partial charge in [0.1, 0.15) is 0 Å². The van der Waals surface area contributed by atoms with Crippen LogP contribution in [-0.2, 0) is 11.2 Å². The van der Waals surface area contributed by atoms with Crippen molar-refractivity contribution in [2.24, 2.45) is 5.92 Å². The molecule has 3 aromatic rings. The van der Waals surface area contributed by atoms with Gasteiger partial charge in [0.15, 0.2) is 0 Å². The normalized spacial score (nSPS) is 20.5. The van der Waals surface area contributed by atoms with Crippen LogP contribution in [0.25, 0.3) is 11.1 Å². The number of nitrogens with zero attached hydrogens (tertiary/aromatic N) is 2. The zero-order valence-corrected chi connectivity index (χ0v) is 20.1. The Morgan fingerprint density at radius 2 is 1.77 bits per heavy atom. The van der Waals surface area contributed by atoms with Gasteiger partial charge in [-0.05, 0) is 52.9 Å². The monoisotopic (exact) mass is 469 g/mol. The maximum atomic E-state index is 13.4. The third-order valence-electron chi connectivity index (χ3n) is 7.24. The topological polar surface area (TPSA) is 72.9 Å². The molecule has 3 atom stereocenters. The van der Waals surface area contributed by atoms with Gasteiger partial charge >= 0.3 is 0 Å². The van der Waals surface area contributed by atoms with Crippen molar-refractivity contribution < 1.29 is 14.7 Å². The smallest absolute Gasteiger partial charge is 0.253 e. The first-order chi connectivity index (χ1) is 17.0. The van der Waals surface area contributed by atoms with Crippen molar-refractivity contribution in [3.63, 3.8) is 0 Å². The van der Waals surface area contributed by atoms with E-state index in [1.807, 2.05) is 71.6 Å². The minimum Gasteiger partial charge on any atom is -0.394 e. The first-order valence-electron chi connectivity index (χ1n) is 12.1. The van der Waals surface area contributed by atoms with Crippen molar-refractivity contribution in [3.05, 3.63) is 89.5 Å². The number of rotatable bonds is 5. The summed E-state index contributed by atoms with van der Waals surface area (Å²) in [7, 11) is 3.50. The van der Waals surface area contributed by atoms with E-state index in [4.69, 9.17) is 0 Å². The van der Waals surface area contributed by atoms with Gasteiger partial charge in [-0.15, -0.1) is 0 Å². The molecular formula is C29H31N3O3. The Morgan fingerprint density at radius 3 is 2.51 bits per heavy atom. The number of amides is 2. The van der Waals surface area contributed by atoms with Crippen molar-refractivity contribution >= 4 is 17.5 Å². The molecule has 1 saturated heterocycles. The van der Waals surface area contributed by atoms with Crippen LogP contribution in [0.5, 0.6) is 0 Å². The van der Waals surface area contributed by atoms with Crippen LogP contribution in [-0.4, -0.2) is 60.0 Å². The predicted molar refractivity (Wildman–Crippen MR) is 137 cm³/mol. The van der Waals surface area contributed by atoms with Gasteiger partial charge < -0.3 is 20.2 Å². The molecule has 0 spiro atoms. The Bertz CT molecular complexity index is 1240. The highest BCUT2D eigenvalue weighted by molar-refractivity contribution is 5.95. The first-order valence-corrected chi connectivity index (χ1v) is 12.1. The highest BCUT2D eigenvalue weighted by Crippen LogP contribution is 2.47. The summed E-state index contributed by atoms with van der Waals surface area (Å²) in [4.78, 5) is 29.5. The van der Waals surface area contributed by atoms with Gasteiger partial charge in [0.2, 0.25) is 5.91 Å². The van der Waals surface area contributed by atoms with Crippen molar-refractivity contribution in [3.8, 4) is 11.1 Å². The van der Waals surface area contributed by atoms with Gasteiger partial charge in [0.25, 0.3) is 5.91 Å². The third-order valence-corrected chi connectivity index (χ3v) is 7.24. The fourth-order valence-electron chi connectivity index (χ4n) is 5.48. The van der Waals surface area contributed by atoms with Crippen LogP contribution in [0, 0.1) is 5.92 Å². The largest absolute Gasteiger partial charge is 0.394 e. The summed E-state index contributed by atoms with van der Waals surface area (Å²) in [5.74, 6) is 0.215. The van der Waals surface area contributed by atoms with Gasteiger partial charge in [0, 0.05) is 37.8 Å². The minimum absolute atomic E-state index is 0.0256. The van der Waals surface area contributed by atoms with Gasteiger partial charge in [0.05, 0.1) is 25.1 Å². The maximum Gasteiger partial charge on any atom is 0.253 e. The Morgan fingerprint density at radius 1 is 1.00 bits per heavy atom. The fourth-order valence-corrected chi connectivity index (χ4v) is 5.48. The second-order valence-electron chi connectivity index (χ2n) is 9.66. The highest BCUT2D eigenvalue weighted by Gasteiger charge is 2.45. The summed E-state index contributed by atoms with van der Waals surface area (Å²) in [6, 6.07) is 23.5. The van der Waals surface area contributed by atoms with Gasteiger partial charge in [-0.25, -0.2) is 0 Å². The molecule has 35 heavy (non-hydrogen) atoms. The van der Waals surface area contributed by atoms with E-state index < -0.39 is 0 Å². The van der Waals surface area contributed by atoms with E-state index >= 15 is 0 Å². The Kier molecular flexibility index (Phi) is 6.31. The molecule has 2 heterocycles. The molecule has 6 nitrogen and oxygen atoms in total. The fraction of sp³-hybridized carbons (Fsp3) is 0.310. The zero-order valence-electron chi connectivity index (χ0n) is 20.1. The molecule has 2 aliphatic heterocycles. The van der Waals surface area contributed by atoms with Gasteiger partial charge in [-0.1, -0.05) is 48.5 Å². The Labute approximate surface area is 206 Å². The number of likely N-dealkylation sites (tertiary alicyclic amines) is 1. The van der Waals surface area contributed by atoms with E-state index in [2.05, 4.69) is 11.4 Å². The quantitative estimate of drug-likeness (QED) is 0.593. The lowest BCUT2D eigenvalue weighted by Crippen LogP contribution is -2.43. The van der Waals surface area contributed by atoms with E-state index in [0.29, 0.717) is 18.5 Å². The van der Waals surface area contributed by atoms with Crippen LogP contribution >= 0.6 is 0 Å². The molecule has 0 bridgehead atoms. The molecular weight excluding hydrogens is 438 g/mol. The van der Waals surface area contributed by atoms with Crippen LogP contribution in [0.3, 0.4) is 0 Å². The molecule has 0 aliphatic carbocycles. The molecule has 0 saturated carbocycles. The molecule has 6 heteroatoms. The SMILES string of the molecule is CN(C)C(=O)c1cccc(-c2ccc3c(c2)[C@H]2[C@H](CCN2C(=O)Cc2ccccc2)[C@H](CO)N3)c1. The number of aliphatic hydroxyl groups is 1. The maximum absolute atomic E-state index is 13.4. The summed E-state index contributed by atoms with van der Waals surface area (Å²) in [5, 5.41) is 13.6. The number of nitrogens with one attached hydrogen (secondary N) is 1. The summed E-state index contributed by atoms with van der Waals surface area (Å²) in [5.41, 5.74) is 5.63. The van der Waals surface area contributed by atoms with Crippen LogP contribution < -0.4 is 5.32 Å². The number of hydrogen-bond acceptors (Lipinski definition) is 4. The van der Waals surface area contributed by atoms with Crippen molar-refractivity contribution in [2.45, 2.75) is 24.9 Å². The summed E-state index contributed by atoms with van der Waals surface area (Å²) < 4.78 is 0. The highest BCUT2D eigenvalue weighted by atomic mass is 16.3. The molecule has 3 aromatic carbocycles. The average Bonchev–Trinajstić information content (AvgIpc) is 3.34. The number of aliphatic hydroxyl groups excluding tert-OH is 1. The van der Waals surface area contributed by atoms with Crippen molar-refractivity contribution in [2.75, 3.05) is 32.6 Å². The van der Waals surface area contributed by atoms with Crippen LogP contribution in [0.15, 0.2) is 72.8 Å². The van der Waals surface area contributed by atoms with Crippen molar-refractivity contribution in [1.82, 2.24) is 9.80 Å². The molecule has 2 aliphatic rings. The lowest BCUT2D eigenvalue weighted by atomic mass is 9.82. The molecule has 2 amide bonds. The number of carbonyl (C=O) groups is 2. The number of benzene rings is 3. The number of hydrogen-bond donors (Lipinski definition) is 2. The first kappa shape index (κ1) is 23.1. The van der Waals surface area contributed by atoms with E-state index in [-0.39, 0.29) is 36.4 Å².